The molecule has 0 aromatic heterocycles. The smallest absolute Gasteiger partial charge is 0.277 e. The molecular formula is C20H22ClN3O3. The Hall–Kier alpha value is -2.86. The first-order valence-electron chi connectivity index (χ1n) is 8.41. The zero-order valence-corrected chi connectivity index (χ0v) is 16.3. The Kier molecular flexibility index (Phi) is 7.37. The van der Waals surface area contributed by atoms with Crippen molar-refractivity contribution in [2.45, 2.75) is 27.2 Å². The van der Waals surface area contributed by atoms with Crippen LogP contribution in [0.1, 0.15) is 24.5 Å². The molecule has 2 amide bonds. The lowest BCUT2D eigenvalue weighted by molar-refractivity contribution is -0.123. The molecule has 142 valence electrons. The van der Waals surface area contributed by atoms with Gasteiger partial charge in [0.1, 0.15) is 5.75 Å². The van der Waals surface area contributed by atoms with Crippen LogP contribution in [-0.4, -0.2) is 24.1 Å². The Bertz CT molecular complexity index is 848. The summed E-state index contributed by atoms with van der Waals surface area (Å²) in [6.45, 7) is 5.33. The first kappa shape index (κ1) is 20.5. The van der Waals surface area contributed by atoms with Crippen molar-refractivity contribution in [2.75, 3.05) is 11.9 Å². The molecule has 0 saturated carbocycles. The second-order valence-corrected chi connectivity index (χ2v) is 6.60. The maximum atomic E-state index is 12.1. The molecule has 0 aliphatic heterocycles. The van der Waals surface area contributed by atoms with E-state index in [-0.39, 0.29) is 18.9 Å². The third-order valence-corrected chi connectivity index (χ3v) is 3.88. The van der Waals surface area contributed by atoms with Crippen LogP contribution in [0.25, 0.3) is 0 Å². The van der Waals surface area contributed by atoms with Crippen LogP contribution < -0.4 is 15.5 Å². The summed E-state index contributed by atoms with van der Waals surface area (Å²) < 4.78 is 5.37. The van der Waals surface area contributed by atoms with Crippen LogP contribution in [0, 0.1) is 13.8 Å². The molecule has 0 fully saturated rings. The van der Waals surface area contributed by atoms with Gasteiger partial charge in [0.05, 0.1) is 6.42 Å². The summed E-state index contributed by atoms with van der Waals surface area (Å²) in [6.07, 6.45) is 0.0567. The number of ether oxygens (including phenoxy) is 1. The quantitative estimate of drug-likeness (QED) is 0.559. The summed E-state index contributed by atoms with van der Waals surface area (Å²) >= 11 is 5.90. The van der Waals surface area contributed by atoms with Gasteiger partial charge in [-0.2, -0.15) is 5.10 Å². The molecule has 7 heteroatoms. The molecule has 2 aromatic rings. The van der Waals surface area contributed by atoms with E-state index in [1.54, 1.807) is 37.3 Å². The number of nitrogens with zero attached hydrogens (tertiary/aromatic N) is 1. The zero-order chi connectivity index (χ0) is 19.8. The van der Waals surface area contributed by atoms with Crippen molar-refractivity contribution in [1.82, 2.24) is 5.43 Å². The highest BCUT2D eigenvalue weighted by atomic mass is 35.5. The molecule has 0 saturated heterocycles. The van der Waals surface area contributed by atoms with Crippen LogP contribution in [0.15, 0.2) is 47.6 Å². The average Bonchev–Trinajstić information content (AvgIpc) is 2.62. The molecule has 0 bridgehead atoms. The first-order valence-corrected chi connectivity index (χ1v) is 8.79. The standard InChI is InChI=1S/C20H22ClN3O3/c1-13-4-7-17(8-5-13)27-12-20(26)24-23-15(3)11-19(25)22-18-9-6-16(21)10-14(18)2/h4-10H,11-12H2,1-3H3,(H,22,25)(H,24,26)/b23-15+. The number of hydrazone groups is 1. The largest absolute Gasteiger partial charge is 0.484 e. The number of amides is 2. The van der Waals surface area contributed by atoms with Gasteiger partial charge in [0.2, 0.25) is 5.91 Å². The minimum absolute atomic E-state index is 0.0567. The summed E-state index contributed by atoms with van der Waals surface area (Å²) in [5.41, 5.74) is 5.52. The van der Waals surface area contributed by atoms with Crippen LogP contribution >= 0.6 is 11.6 Å². The summed E-state index contributed by atoms with van der Waals surface area (Å²) in [6, 6.07) is 12.6. The lowest BCUT2D eigenvalue weighted by Gasteiger charge is -2.09. The third-order valence-electron chi connectivity index (χ3n) is 3.64. The van der Waals surface area contributed by atoms with Gasteiger partial charge in [0.25, 0.3) is 5.91 Å². The molecule has 0 spiro atoms. The van der Waals surface area contributed by atoms with Crippen molar-refractivity contribution in [2.24, 2.45) is 5.10 Å². The Morgan fingerprint density at radius 1 is 1.07 bits per heavy atom. The number of carbonyl (C=O) groups is 2. The van der Waals surface area contributed by atoms with Crippen molar-refractivity contribution in [1.29, 1.82) is 0 Å². The average molecular weight is 388 g/mol. The van der Waals surface area contributed by atoms with Gasteiger partial charge in [-0.15, -0.1) is 0 Å². The van der Waals surface area contributed by atoms with E-state index in [0.29, 0.717) is 22.2 Å². The van der Waals surface area contributed by atoms with Crippen LogP contribution in [0.2, 0.25) is 5.02 Å². The number of nitrogens with one attached hydrogen (secondary N) is 2. The highest BCUT2D eigenvalue weighted by Gasteiger charge is 2.08. The fourth-order valence-electron chi connectivity index (χ4n) is 2.21. The topological polar surface area (TPSA) is 79.8 Å². The monoisotopic (exact) mass is 387 g/mol. The highest BCUT2D eigenvalue weighted by Crippen LogP contribution is 2.19. The number of carbonyl (C=O) groups excluding carboxylic acids is 2. The van der Waals surface area contributed by atoms with Gasteiger partial charge in [0, 0.05) is 16.4 Å². The van der Waals surface area contributed by atoms with Gasteiger partial charge in [-0.1, -0.05) is 29.3 Å². The van der Waals surface area contributed by atoms with Crippen molar-refractivity contribution in [3.05, 3.63) is 58.6 Å². The fraction of sp³-hybridized carbons (Fsp3) is 0.250. The van der Waals surface area contributed by atoms with Gasteiger partial charge < -0.3 is 10.1 Å². The number of anilines is 1. The minimum Gasteiger partial charge on any atom is -0.484 e. The molecule has 0 radical (unpaired) electrons. The van der Waals surface area contributed by atoms with E-state index >= 15 is 0 Å². The van der Waals surface area contributed by atoms with Crippen LogP contribution in [0.5, 0.6) is 5.75 Å². The third kappa shape index (κ3) is 7.11. The fourth-order valence-corrected chi connectivity index (χ4v) is 2.43. The molecular weight excluding hydrogens is 366 g/mol. The maximum absolute atomic E-state index is 12.1. The van der Waals surface area contributed by atoms with Crippen LogP contribution in [-0.2, 0) is 9.59 Å². The number of hydrogen-bond donors (Lipinski definition) is 2. The van der Waals surface area contributed by atoms with Gasteiger partial charge in [-0.3, -0.25) is 9.59 Å². The Morgan fingerprint density at radius 2 is 1.78 bits per heavy atom. The molecule has 27 heavy (non-hydrogen) atoms. The molecule has 2 aromatic carbocycles. The number of hydrogen-bond acceptors (Lipinski definition) is 4. The zero-order valence-electron chi connectivity index (χ0n) is 15.5. The number of rotatable bonds is 7. The number of aryl methyl sites for hydroxylation is 2. The molecule has 2 rings (SSSR count). The molecule has 0 unspecified atom stereocenters. The van der Waals surface area contributed by atoms with Gasteiger partial charge in [-0.25, -0.2) is 5.43 Å². The first-order chi connectivity index (χ1) is 12.8. The van der Waals surface area contributed by atoms with E-state index in [1.165, 1.54) is 0 Å². The minimum atomic E-state index is -0.399. The SMILES string of the molecule is C/C(CC(=O)Nc1ccc(Cl)cc1C)=N\NC(=O)COc1ccc(C)cc1. The number of benzene rings is 2. The second kappa shape index (κ2) is 9.73. The van der Waals surface area contributed by atoms with E-state index < -0.39 is 5.91 Å². The normalized spacial score (nSPS) is 11.0. The highest BCUT2D eigenvalue weighted by molar-refractivity contribution is 6.30. The van der Waals surface area contributed by atoms with Crippen LogP contribution in [0.3, 0.4) is 0 Å². The Morgan fingerprint density at radius 3 is 2.44 bits per heavy atom. The molecule has 2 N–H and O–H groups in total. The maximum Gasteiger partial charge on any atom is 0.277 e. The van der Waals surface area contributed by atoms with Gasteiger partial charge in [0.15, 0.2) is 6.61 Å². The summed E-state index contributed by atoms with van der Waals surface area (Å²) in [5.74, 6) is -0.0233. The molecule has 0 atom stereocenters. The van der Waals surface area contributed by atoms with Crippen LogP contribution in [0.4, 0.5) is 5.69 Å². The Balaban J connectivity index is 1.77. The summed E-state index contributed by atoms with van der Waals surface area (Å²) in [7, 11) is 0. The van der Waals surface area contributed by atoms with Crippen molar-refractivity contribution in [3.63, 3.8) is 0 Å². The van der Waals surface area contributed by atoms with E-state index in [1.807, 2.05) is 26.0 Å². The predicted octanol–water partition coefficient (Wildman–Crippen LogP) is 3.86. The van der Waals surface area contributed by atoms with Crippen molar-refractivity contribution < 1.29 is 14.3 Å². The van der Waals surface area contributed by atoms with Crippen molar-refractivity contribution >= 4 is 34.8 Å². The number of halogens is 1. The van der Waals surface area contributed by atoms with E-state index in [4.69, 9.17) is 16.3 Å². The Labute approximate surface area is 163 Å². The predicted molar refractivity (Wildman–Crippen MR) is 107 cm³/mol. The summed E-state index contributed by atoms with van der Waals surface area (Å²) in [5, 5.41) is 7.33. The second-order valence-electron chi connectivity index (χ2n) is 6.17. The molecule has 0 heterocycles. The molecule has 0 aliphatic rings. The van der Waals surface area contributed by atoms with E-state index in [9.17, 15) is 9.59 Å². The molecule has 6 nitrogen and oxygen atoms in total. The molecule has 0 aliphatic carbocycles. The van der Waals surface area contributed by atoms with Gasteiger partial charge in [-0.05, 0) is 56.7 Å². The lowest BCUT2D eigenvalue weighted by Crippen LogP contribution is -2.26. The van der Waals surface area contributed by atoms with E-state index in [2.05, 4.69) is 15.8 Å². The lowest BCUT2D eigenvalue weighted by atomic mass is 10.2. The summed E-state index contributed by atoms with van der Waals surface area (Å²) in [4.78, 5) is 23.9. The van der Waals surface area contributed by atoms with E-state index in [0.717, 1.165) is 11.1 Å². The van der Waals surface area contributed by atoms with Crippen molar-refractivity contribution in [3.8, 4) is 5.75 Å². The van der Waals surface area contributed by atoms with Gasteiger partial charge >= 0.3 is 0 Å².